The van der Waals surface area contributed by atoms with Gasteiger partial charge in [0.15, 0.2) is 6.29 Å². The molecule has 0 aromatic carbocycles. The SMILES string of the molecule is CCOC(C)OCC.CCOCCC=O. The lowest BCUT2D eigenvalue weighted by Crippen LogP contribution is -2.11. The van der Waals surface area contributed by atoms with Crippen molar-refractivity contribution < 1.29 is 19.0 Å². The van der Waals surface area contributed by atoms with E-state index in [0.717, 1.165) is 19.5 Å². The van der Waals surface area contributed by atoms with Gasteiger partial charge in [0.05, 0.1) is 6.61 Å². The van der Waals surface area contributed by atoms with E-state index in [1.807, 2.05) is 27.7 Å². The van der Waals surface area contributed by atoms with Crippen LogP contribution < -0.4 is 0 Å². The Bertz CT molecular complexity index is 111. The number of hydrogen-bond donors (Lipinski definition) is 0. The lowest BCUT2D eigenvalue weighted by molar-refractivity contribution is -0.123. The minimum absolute atomic E-state index is 0.0370. The summed E-state index contributed by atoms with van der Waals surface area (Å²) in [6.45, 7) is 10.4. The maximum Gasteiger partial charge on any atom is 0.154 e. The zero-order chi connectivity index (χ0) is 11.9. The summed E-state index contributed by atoms with van der Waals surface area (Å²) in [5, 5.41) is 0. The summed E-state index contributed by atoms with van der Waals surface area (Å²) in [7, 11) is 0. The molecular formula is C11H24O4. The second kappa shape index (κ2) is 16.0. The van der Waals surface area contributed by atoms with E-state index in [-0.39, 0.29) is 6.29 Å². The molecule has 0 amide bonds. The summed E-state index contributed by atoms with van der Waals surface area (Å²) in [5.74, 6) is 0. The maximum absolute atomic E-state index is 9.60. The molecule has 0 rings (SSSR count). The molecule has 15 heavy (non-hydrogen) atoms. The Morgan fingerprint density at radius 1 is 1.07 bits per heavy atom. The zero-order valence-corrected chi connectivity index (χ0v) is 10.3. The average Bonchev–Trinajstić information content (AvgIpc) is 2.20. The highest BCUT2D eigenvalue weighted by Gasteiger charge is 1.94. The number of hydrogen-bond acceptors (Lipinski definition) is 4. The summed E-state index contributed by atoms with van der Waals surface area (Å²) in [4.78, 5) is 9.60. The minimum Gasteiger partial charge on any atom is -0.381 e. The molecule has 0 saturated heterocycles. The molecule has 92 valence electrons. The molecule has 0 aliphatic carbocycles. The first-order chi connectivity index (χ1) is 7.22. The van der Waals surface area contributed by atoms with Crippen LogP contribution in [0.1, 0.15) is 34.1 Å². The number of aldehydes is 1. The normalized spacial score (nSPS) is 9.67. The van der Waals surface area contributed by atoms with E-state index in [4.69, 9.17) is 14.2 Å². The third-order valence-corrected chi connectivity index (χ3v) is 1.39. The van der Waals surface area contributed by atoms with Gasteiger partial charge in [-0.25, -0.2) is 0 Å². The number of ether oxygens (including phenoxy) is 3. The van der Waals surface area contributed by atoms with Gasteiger partial charge in [-0.2, -0.15) is 0 Å². The van der Waals surface area contributed by atoms with E-state index in [2.05, 4.69) is 0 Å². The first-order valence-corrected chi connectivity index (χ1v) is 5.47. The standard InChI is InChI=1S/C6H14O2.C5H10O2/c1-4-7-6(3)8-5-2;1-2-7-5-3-4-6/h6H,4-5H2,1-3H3;4H,2-3,5H2,1H3. The van der Waals surface area contributed by atoms with Crippen LogP contribution in [0, 0.1) is 0 Å². The fourth-order valence-corrected chi connectivity index (χ4v) is 0.793. The summed E-state index contributed by atoms with van der Waals surface area (Å²) in [6, 6.07) is 0. The Labute approximate surface area is 92.9 Å². The lowest BCUT2D eigenvalue weighted by Gasteiger charge is -2.09. The van der Waals surface area contributed by atoms with Crippen LogP contribution in [0.2, 0.25) is 0 Å². The van der Waals surface area contributed by atoms with Gasteiger partial charge in [-0.1, -0.05) is 0 Å². The second-order valence-corrected chi connectivity index (χ2v) is 2.63. The molecule has 4 heteroatoms. The zero-order valence-electron chi connectivity index (χ0n) is 10.3. The average molecular weight is 220 g/mol. The molecule has 0 spiro atoms. The molecule has 0 saturated carbocycles. The smallest absolute Gasteiger partial charge is 0.154 e. The van der Waals surface area contributed by atoms with E-state index >= 15 is 0 Å². The second-order valence-electron chi connectivity index (χ2n) is 2.63. The van der Waals surface area contributed by atoms with Crippen LogP contribution in [0.15, 0.2) is 0 Å². The molecule has 0 fully saturated rings. The molecular weight excluding hydrogens is 196 g/mol. The van der Waals surface area contributed by atoms with Crippen molar-refractivity contribution >= 4 is 6.29 Å². The first kappa shape index (κ1) is 17.0. The van der Waals surface area contributed by atoms with Gasteiger partial charge in [0.1, 0.15) is 6.29 Å². The van der Waals surface area contributed by atoms with Crippen molar-refractivity contribution in [2.45, 2.75) is 40.4 Å². The Kier molecular flexibility index (Phi) is 18.1. The van der Waals surface area contributed by atoms with Gasteiger partial charge >= 0.3 is 0 Å². The first-order valence-electron chi connectivity index (χ1n) is 5.47. The van der Waals surface area contributed by atoms with E-state index in [1.165, 1.54) is 0 Å². The third-order valence-electron chi connectivity index (χ3n) is 1.39. The van der Waals surface area contributed by atoms with Crippen molar-refractivity contribution in [3.63, 3.8) is 0 Å². The van der Waals surface area contributed by atoms with E-state index in [9.17, 15) is 4.79 Å². The Balaban J connectivity index is 0. The van der Waals surface area contributed by atoms with E-state index in [1.54, 1.807) is 0 Å². The van der Waals surface area contributed by atoms with Crippen molar-refractivity contribution in [3.05, 3.63) is 0 Å². The van der Waals surface area contributed by atoms with Gasteiger partial charge in [0.2, 0.25) is 0 Å². The summed E-state index contributed by atoms with van der Waals surface area (Å²) in [6.07, 6.45) is 1.34. The lowest BCUT2D eigenvalue weighted by atomic mass is 10.5. The highest BCUT2D eigenvalue weighted by Crippen LogP contribution is 1.90. The number of carbonyl (C=O) groups excluding carboxylic acids is 1. The highest BCUT2D eigenvalue weighted by atomic mass is 16.7. The van der Waals surface area contributed by atoms with Crippen LogP contribution in [0.5, 0.6) is 0 Å². The Morgan fingerprint density at radius 3 is 1.93 bits per heavy atom. The molecule has 0 aliphatic heterocycles. The maximum atomic E-state index is 9.60. The van der Waals surface area contributed by atoms with Gasteiger partial charge in [-0.3, -0.25) is 0 Å². The van der Waals surface area contributed by atoms with E-state index in [0.29, 0.717) is 19.6 Å². The van der Waals surface area contributed by atoms with E-state index < -0.39 is 0 Å². The molecule has 0 aromatic heterocycles. The van der Waals surface area contributed by atoms with Crippen molar-refractivity contribution in [1.29, 1.82) is 0 Å². The molecule has 0 atom stereocenters. The summed E-state index contributed by atoms with van der Waals surface area (Å²) < 4.78 is 15.0. The molecule has 0 bridgehead atoms. The molecule has 0 heterocycles. The van der Waals surface area contributed by atoms with Crippen LogP contribution in [0.4, 0.5) is 0 Å². The summed E-state index contributed by atoms with van der Waals surface area (Å²) in [5.41, 5.74) is 0. The van der Waals surface area contributed by atoms with Crippen LogP contribution in [-0.4, -0.2) is 39.0 Å². The summed E-state index contributed by atoms with van der Waals surface area (Å²) >= 11 is 0. The minimum atomic E-state index is -0.0370. The largest absolute Gasteiger partial charge is 0.381 e. The predicted molar refractivity (Wildman–Crippen MR) is 59.9 cm³/mol. The molecule has 4 nitrogen and oxygen atoms in total. The number of rotatable bonds is 8. The topological polar surface area (TPSA) is 44.8 Å². The van der Waals surface area contributed by atoms with Gasteiger partial charge in [0, 0.05) is 26.2 Å². The fourth-order valence-electron chi connectivity index (χ4n) is 0.793. The van der Waals surface area contributed by atoms with Gasteiger partial charge < -0.3 is 19.0 Å². The van der Waals surface area contributed by atoms with Crippen LogP contribution >= 0.6 is 0 Å². The van der Waals surface area contributed by atoms with Gasteiger partial charge in [-0.05, 0) is 27.7 Å². The third kappa shape index (κ3) is 19.8. The van der Waals surface area contributed by atoms with Gasteiger partial charge in [-0.15, -0.1) is 0 Å². The van der Waals surface area contributed by atoms with Gasteiger partial charge in [0.25, 0.3) is 0 Å². The Hall–Kier alpha value is -0.450. The van der Waals surface area contributed by atoms with Crippen molar-refractivity contribution in [3.8, 4) is 0 Å². The van der Waals surface area contributed by atoms with Crippen molar-refractivity contribution in [1.82, 2.24) is 0 Å². The van der Waals surface area contributed by atoms with Crippen molar-refractivity contribution in [2.24, 2.45) is 0 Å². The fraction of sp³-hybridized carbons (Fsp3) is 0.909. The van der Waals surface area contributed by atoms with Crippen LogP contribution in [-0.2, 0) is 19.0 Å². The molecule has 0 aromatic rings. The molecule has 0 unspecified atom stereocenters. The molecule has 0 aliphatic rings. The quantitative estimate of drug-likeness (QED) is 0.356. The monoisotopic (exact) mass is 220 g/mol. The van der Waals surface area contributed by atoms with Crippen LogP contribution in [0.25, 0.3) is 0 Å². The molecule has 0 N–H and O–H groups in total. The number of carbonyl (C=O) groups is 1. The highest BCUT2D eigenvalue weighted by molar-refractivity contribution is 5.49. The Morgan fingerprint density at radius 2 is 1.60 bits per heavy atom. The van der Waals surface area contributed by atoms with Crippen molar-refractivity contribution in [2.75, 3.05) is 26.4 Å². The van der Waals surface area contributed by atoms with Crippen LogP contribution in [0.3, 0.4) is 0 Å². The molecule has 0 radical (unpaired) electrons. The predicted octanol–water partition coefficient (Wildman–Crippen LogP) is 2.02.